The summed E-state index contributed by atoms with van der Waals surface area (Å²) in [5.74, 6) is 0.443. The minimum Gasteiger partial charge on any atom is -0.372 e. The lowest BCUT2D eigenvalue weighted by Gasteiger charge is -2.32. The van der Waals surface area contributed by atoms with Gasteiger partial charge in [0, 0.05) is 64.9 Å². The molecule has 3 aromatic carbocycles. The quantitative estimate of drug-likeness (QED) is 0.140. The molecule has 0 aliphatic heterocycles. The van der Waals surface area contributed by atoms with Gasteiger partial charge in [0.05, 0.1) is 11.7 Å². The predicted molar refractivity (Wildman–Crippen MR) is 200 cm³/mol. The summed E-state index contributed by atoms with van der Waals surface area (Å²) in [6.45, 7) is 18.3. The molecular formula is C39H47BrN4S. The third kappa shape index (κ3) is 7.07. The van der Waals surface area contributed by atoms with Gasteiger partial charge in [0.15, 0.2) is 5.13 Å². The Hall–Kier alpha value is -3.35. The summed E-state index contributed by atoms with van der Waals surface area (Å²) in [7, 11) is 0. The highest BCUT2D eigenvalue weighted by atomic mass is 79.9. The van der Waals surface area contributed by atoms with Crippen molar-refractivity contribution in [2.24, 2.45) is 5.92 Å². The third-order valence-corrected chi connectivity index (χ3v) is 10.9. The Bertz CT molecular complexity index is 1530. The molecule has 0 N–H and O–H groups in total. The Morgan fingerprint density at radius 3 is 1.73 bits per heavy atom. The summed E-state index contributed by atoms with van der Waals surface area (Å²) in [4.78, 5) is 14.0. The standard InChI is InChI=1S/C39H47BrN4S/c1-7-42(8-2)31-24-20-29(21-25-31)36(30-22-26-32(27-23-30)43(9-3)10-4)38-37(33-17-13-14-18-34(33)40)41-39(45-38)44(11-5)35-19-15-12-16-28(35)6/h12-28,35-36H,7-11H2,1-6H3. The van der Waals surface area contributed by atoms with E-state index in [9.17, 15) is 0 Å². The lowest BCUT2D eigenvalue weighted by Crippen LogP contribution is -2.38. The minimum absolute atomic E-state index is 0.0350. The van der Waals surface area contributed by atoms with Crippen LogP contribution in [0.5, 0.6) is 0 Å². The smallest absolute Gasteiger partial charge is 0.186 e. The van der Waals surface area contributed by atoms with Gasteiger partial charge in [-0.2, -0.15) is 0 Å². The zero-order chi connectivity index (χ0) is 31.9. The zero-order valence-corrected chi connectivity index (χ0v) is 30.0. The molecule has 0 amide bonds. The van der Waals surface area contributed by atoms with Crippen molar-refractivity contribution >= 4 is 43.8 Å². The van der Waals surface area contributed by atoms with Gasteiger partial charge >= 0.3 is 0 Å². The SMILES string of the molecule is CCN(CC)c1ccc(C(c2ccc(N(CC)CC)cc2)c2sc(N(CC)C3C=CC=CC3C)nc2-c2ccccc2Br)cc1. The molecule has 4 nitrogen and oxygen atoms in total. The number of allylic oxidation sites excluding steroid dienone is 2. The van der Waals surface area contributed by atoms with Crippen LogP contribution in [0, 0.1) is 5.92 Å². The van der Waals surface area contributed by atoms with Crippen molar-refractivity contribution in [3.05, 3.63) is 118 Å². The second-order valence-electron chi connectivity index (χ2n) is 11.6. The van der Waals surface area contributed by atoms with Crippen LogP contribution >= 0.6 is 27.3 Å². The number of hydrogen-bond acceptors (Lipinski definition) is 5. The number of thiazole rings is 1. The maximum Gasteiger partial charge on any atom is 0.186 e. The van der Waals surface area contributed by atoms with Gasteiger partial charge in [-0.25, -0.2) is 4.98 Å². The fraction of sp³-hybridized carbons (Fsp3) is 0.359. The molecule has 0 fully saturated rings. The Labute approximate surface area is 283 Å². The van der Waals surface area contributed by atoms with Gasteiger partial charge in [-0.1, -0.05) is 89.6 Å². The summed E-state index contributed by atoms with van der Waals surface area (Å²) in [6, 6.07) is 27.3. The molecular weight excluding hydrogens is 636 g/mol. The van der Waals surface area contributed by atoms with E-state index < -0.39 is 0 Å². The van der Waals surface area contributed by atoms with E-state index in [4.69, 9.17) is 4.98 Å². The van der Waals surface area contributed by atoms with Gasteiger partial charge in [0.25, 0.3) is 0 Å². The second-order valence-corrected chi connectivity index (χ2v) is 13.4. The molecule has 0 saturated heterocycles. The maximum absolute atomic E-state index is 5.48. The lowest BCUT2D eigenvalue weighted by molar-refractivity contribution is 0.570. The van der Waals surface area contributed by atoms with Crippen LogP contribution in [0.25, 0.3) is 11.3 Å². The van der Waals surface area contributed by atoms with E-state index in [2.05, 4.69) is 169 Å². The molecule has 2 atom stereocenters. The van der Waals surface area contributed by atoms with Crippen molar-refractivity contribution in [3.8, 4) is 11.3 Å². The van der Waals surface area contributed by atoms with Crippen LogP contribution in [0.2, 0.25) is 0 Å². The topological polar surface area (TPSA) is 22.6 Å². The summed E-state index contributed by atoms with van der Waals surface area (Å²) < 4.78 is 1.06. The van der Waals surface area contributed by atoms with Crippen LogP contribution in [0.1, 0.15) is 63.5 Å². The first-order valence-electron chi connectivity index (χ1n) is 16.5. The molecule has 236 valence electrons. The van der Waals surface area contributed by atoms with Crippen molar-refractivity contribution in [1.82, 2.24) is 4.98 Å². The summed E-state index contributed by atoms with van der Waals surface area (Å²) >= 11 is 5.72. The van der Waals surface area contributed by atoms with Crippen LogP contribution in [-0.4, -0.2) is 43.7 Å². The Balaban J connectivity index is 1.70. The number of nitrogens with zero attached hydrogens (tertiary/aromatic N) is 4. The van der Waals surface area contributed by atoms with E-state index in [1.54, 1.807) is 0 Å². The summed E-state index contributed by atoms with van der Waals surface area (Å²) in [6.07, 6.45) is 8.96. The molecule has 1 heterocycles. The monoisotopic (exact) mass is 682 g/mol. The van der Waals surface area contributed by atoms with E-state index in [1.165, 1.54) is 27.4 Å². The minimum atomic E-state index is 0.0350. The lowest BCUT2D eigenvalue weighted by atomic mass is 9.87. The fourth-order valence-corrected chi connectivity index (χ4v) is 8.30. The first kappa shape index (κ1) is 33.0. The van der Waals surface area contributed by atoms with Crippen molar-refractivity contribution in [1.29, 1.82) is 0 Å². The second kappa shape index (κ2) is 15.3. The average Bonchev–Trinajstić information content (AvgIpc) is 3.49. The van der Waals surface area contributed by atoms with Gasteiger partial charge in [0.2, 0.25) is 0 Å². The van der Waals surface area contributed by atoms with E-state index in [0.29, 0.717) is 5.92 Å². The molecule has 0 saturated carbocycles. The van der Waals surface area contributed by atoms with Gasteiger partial charge in [-0.3, -0.25) is 0 Å². The molecule has 45 heavy (non-hydrogen) atoms. The van der Waals surface area contributed by atoms with Gasteiger partial charge in [-0.05, 0) is 82.0 Å². The molecule has 0 spiro atoms. The van der Waals surface area contributed by atoms with Crippen LogP contribution in [0.3, 0.4) is 0 Å². The number of benzene rings is 3. The average molecular weight is 684 g/mol. The van der Waals surface area contributed by atoms with Crippen molar-refractivity contribution in [2.75, 3.05) is 47.4 Å². The zero-order valence-electron chi connectivity index (χ0n) is 27.6. The number of likely N-dealkylation sites (N-methyl/N-ethyl adjacent to an activating group) is 1. The van der Waals surface area contributed by atoms with Crippen LogP contribution in [-0.2, 0) is 0 Å². The van der Waals surface area contributed by atoms with Crippen molar-refractivity contribution in [3.63, 3.8) is 0 Å². The summed E-state index contributed by atoms with van der Waals surface area (Å²) in [5.41, 5.74) is 7.26. The van der Waals surface area contributed by atoms with E-state index in [1.807, 2.05) is 11.3 Å². The number of aromatic nitrogens is 1. The highest BCUT2D eigenvalue weighted by Gasteiger charge is 2.30. The maximum atomic E-state index is 5.48. The Morgan fingerprint density at radius 1 is 0.711 bits per heavy atom. The highest BCUT2D eigenvalue weighted by molar-refractivity contribution is 9.10. The molecule has 2 unspecified atom stereocenters. The van der Waals surface area contributed by atoms with Crippen molar-refractivity contribution < 1.29 is 0 Å². The molecule has 4 aromatic rings. The molecule has 0 bridgehead atoms. The van der Waals surface area contributed by atoms with Gasteiger partial charge < -0.3 is 14.7 Å². The van der Waals surface area contributed by atoms with Crippen molar-refractivity contribution in [2.45, 2.75) is 53.5 Å². The third-order valence-electron chi connectivity index (χ3n) is 9.06. The Kier molecular flexibility index (Phi) is 11.2. The number of halogens is 1. The normalized spacial score (nSPS) is 15.9. The molecule has 1 aliphatic rings. The molecule has 1 aromatic heterocycles. The number of rotatable bonds is 13. The first-order valence-corrected chi connectivity index (χ1v) is 18.1. The van der Waals surface area contributed by atoms with Crippen LogP contribution in [0.15, 0.2) is 102 Å². The predicted octanol–water partition coefficient (Wildman–Crippen LogP) is 10.4. The van der Waals surface area contributed by atoms with E-state index in [0.717, 1.165) is 53.6 Å². The largest absolute Gasteiger partial charge is 0.372 e. The molecule has 1 aliphatic carbocycles. The number of hydrogen-bond donors (Lipinski definition) is 0. The molecule has 6 heteroatoms. The number of anilines is 3. The highest BCUT2D eigenvalue weighted by Crippen LogP contribution is 2.46. The van der Waals surface area contributed by atoms with E-state index in [-0.39, 0.29) is 12.0 Å². The van der Waals surface area contributed by atoms with Crippen LogP contribution in [0.4, 0.5) is 16.5 Å². The van der Waals surface area contributed by atoms with Gasteiger partial charge in [-0.15, -0.1) is 11.3 Å². The fourth-order valence-electron chi connectivity index (χ4n) is 6.48. The Morgan fingerprint density at radius 2 is 1.24 bits per heavy atom. The first-order chi connectivity index (χ1) is 21.9. The van der Waals surface area contributed by atoms with E-state index >= 15 is 0 Å². The van der Waals surface area contributed by atoms with Gasteiger partial charge in [0.1, 0.15) is 0 Å². The summed E-state index contributed by atoms with van der Waals surface area (Å²) in [5, 5.41) is 1.07. The van der Waals surface area contributed by atoms with Crippen LogP contribution < -0.4 is 14.7 Å². The molecule has 5 rings (SSSR count). The molecule has 0 radical (unpaired) electrons.